The summed E-state index contributed by atoms with van der Waals surface area (Å²) in [5.41, 5.74) is 6.76. The molecule has 21 heavy (non-hydrogen) atoms. The van der Waals surface area contributed by atoms with Crippen LogP contribution in [0.5, 0.6) is 5.75 Å². The third kappa shape index (κ3) is 3.36. The smallest absolute Gasteiger partial charge is 0.231 e. The molecule has 5 nitrogen and oxygen atoms in total. The fourth-order valence-electron chi connectivity index (χ4n) is 2.45. The Labute approximate surface area is 129 Å². The SMILES string of the molecule is COc1cc(Cl)ccc1-c1noc(C(C(C)C)C(C)N)n1. The highest BCUT2D eigenvalue weighted by Crippen LogP contribution is 2.33. The van der Waals surface area contributed by atoms with E-state index in [2.05, 4.69) is 24.0 Å². The van der Waals surface area contributed by atoms with E-state index in [0.29, 0.717) is 28.4 Å². The molecule has 0 aliphatic heterocycles. The highest BCUT2D eigenvalue weighted by Gasteiger charge is 2.27. The fraction of sp³-hybridized carbons (Fsp3) is 0.467. The van der Waals surface area contributed by atoms with E-state index in [-0.39, 0.29) is 12.0 Å². The molecule has 2 aromatic rings. The summed E-state index contributed by atoms with van der Waals surface area (Å²) in [6, 6.07) is 5.23. The summed E-state index contributed by atoms with van der Waals surface area (Å²) in [4.78, 5) is 4.48. The second-order valence-electron chi connectivity index (χ2n) is 5.43. The predicted octanol–water partition coefficient (Wildman–Crippen LogP) is 3.49. The quantitative estimate of drug-likeness (QED) is 0.915. The van der Waals surface area contributed by atoms with Crippen LogP contribution in [0.2, 0.25) is 5.02 Å². The lowest BCUT2D eigenvalue weighted by Crippen LogP contribution is -2.28. The monoisotopic (exact) mass is 309 g/mol. The molecule has 0 amide bonds. The molecule has 0 radical (unpaired) electrons. The lowest BCUT2D eigenvalue weighted by Gasteiger charge is -2.20. The number of nitrogens with zero attached hydrogens (tertiary/aromatic N) is 2. The van der Waals surface area contributed by atoms with Crippen LogP contribution in [-0.2, 0) is 0 Å². The van der Waals surface area contributed by atoms with Gasteiger partial charge >= 0.3 is 0 Å². The zero-order valence-electron chi connectivity index (χ0n) is 12.6. The van der Waals surface area contributed by atoms with Crippen LogP contribution in [-0.4, -0.2) is 23.3 Å². The van der Waals surface area contributed by atoms with Crippen molar-refractivity contribution in [1.82, 2.24) is 10.1 Å². The predicted molar refractivity (Wildman–Crippen MR) is 82.5 cm³/mol. The Morgan fingerprint density at radius 1 is 1.29 bits per heavy atom. The van der Waals surface area contributed by atoms with Crippen molar-refractivity contribution in [1.29, 1.82) is 0 Å². The van der Waals surface area contributed by atoms with Gasteiger partial charge in [0.1, 0.15) is 5.75 Å². The molecule has 1 heterocycles. The van der Waals surface area contributed by atoms with E-state index < -0.39 is 0 Å². The van der Waals surface area contributed by atoms with Crippen LogP contribution >= 0.6 is 11.6 Å². The molecule has 2 atom stereocenters. The van der Waals surface area contributed by atoms with Crippen LogP contribution in [0.3, 0.4) is 0 Å². The first kappa shape index (κ1) is 15.8. The number of ether oxygens (including phenoxy) is 1. The maximum absolute atomic E-state index is 6.02. The van der Waals surface area contributed by atoms with Gasteiger partial charge in [-0.05, 0) is 31.0 Å². The van der Waals surface area contributed by atoms with E-state index in [1.165, 1.54) is 0 Å². The summed E-state index contributed by atoms with van der Waals surface area (Å²) in [5.74, 6) is 1.96. The van der Waals surface area contributed by atoms with E-state index in [4.69, 9.17) is 26.6 Å². The molecule has 0 aliphatic carbocycles. The summed E-state index contributed by atoms with van der Waals surface area (Å²) in [7, 11) is 1.58. The van der Waals surface area contributed by atoms with Crippen molar-refractivity contribution in [2.75, 3.05) is 7.11 Å². The standard InChI is InChI=1S/C15H20ClN3O2/c1-8(2)13(9(3)17)15-18-14(19-21-15)11-6-5-10(16)7-12(11)20-4/h5-9,13H,17H2,1-4H3. The Bertz CT molecular complexity index is 603. The zero-order valence-corrected chi connectivity index (χ0v) is 13.4. The lowest BCUT2D eigenvalue weighted by molar-refractivity contribution is 0.300. The summed E-state index contributed by atoms with van der Waals surface area (Å²) < 4.78 is 10.7. The molecule has 2 unspecified atom stereocenters. The van der Waals surface area contributed by atoms with Gasteiger partial charge in [-0.3, -0.25) is 0 Å². The highest BCUT2D eigenvalue weighted by molar-refractivity contribution is 6.30. The maximum atomic E-state index is 6.02. The molecular formula is C15H20ClN3O2. The van der Waals surface area contributed by atoms with E-state index in [0.717, 1.165) is 5.56 Å². The van der Waals surface area contributed by atoms with Crippen molar-refractivity contribution in [2.24, 2.45) is 11.7 Å². The van der Waals surface area contributed by atoms with Crippen LogP contribution in [0.15, 0.2) is 22.7 Å². The van der Waals surface area contributed by atoms with Gasteiger partial charge in [0.2, 0.25) is 11.7 Å². The number of halogens is 1. The highest BCUT2D eigenvalue weighted by atomic mass is 35.5. The van der Waals surface area contributed by atoms with E-state index in [1.54, 1.807) is 19.2 Å². The largest absolute Gasteiger partial charge is 0.496 e. The molecule has 0 spiro atoms. The maximum Gasteiger partial charge on any atom is 0.231 e. The van der Waals surface area contributed by atoms with Crippen molar-refractivity contribution < 1.29 is 9.26 Å². The third-order valence-corrected chi connectivity index (χ3v) is 3.65. The van der Waals surface area contributed by atoms with E-state index >= 15 is 0 Å². The van der Waals surface area contributed by atoms with Crippen molar-refractivity contribution in [3.8, 4) is 17.1 Å². The van der Waals surface area contributed by atoms with Crippen molar-refractivity contribution in [2.45, 2.75) is 32.7 Å². The first-order valence-electron chi connectivity index (χ1n) is 6.87. The Balaban J connectivity index is 2.40. The molecule has 0 fully saturated rings. The molecule has 1 aromatic heterocycles. The lowest BCUT2D eigenvalue weighted by atomic mass is 9.90. The summed E-state index contributed by atoms with van der Waals surface area (Å²) >= 11 is 5.96. The van der Waals surface area contributed by atoms with Crippen LogP contribution in [0.25, 0.3) is 11.4 Å². The van der Waals surface area contributed by atoms with Crippen molar-refractivity contribution in [3.63, 3.8) is 0 Å². The van der Waals surface area contributed by atoms with Crippen LogP contribution in [0, 0.1) is 5.92 Å². The molecule has 6 heteroatoms. The number of hydrogen-bond donors (Lipinski definition) is 1. The second kappa shape index (κ2) is 6.45. The average molecular weight is 310 g/mol. The van der Waals surface area contributed by atoms with Gasteiger partial charge in [0.25, 0.3) is 0 Å². The first-order valence-corrected chi connectivity index (χ1v) is 7.25. The van der Waals surface area contributed by atoms with Crippen molar-refractivity contribution in [3.05, 3.63) is 29.1 Å². The Kier molecular flexibility index (Phi) is 4.85. The zero-order chi connectivity index (χ0) is 15.6. The third-order valence-electron chi connectivity index (χ3n) is 3.42. The van der Waals surface area contributed by atoms with Crippen LogP contribution in [0.4, 0.5) is 0 Å². The van der Waals surface area contributed by atoms with Gasteiger partial charge in [0.05, 0.1) is 18.6 Å². The summed E-state index contributed by atoms with van der Waals surface area (Å²) in [6.07, 6.45) is 0. The second-order valence-corrected chi connectivity index (χ2v) is 5.87. The molecule has 0 aliphatic rings. The molecular weight excluding hydrogens is 290 g/mol. The Morgan fingerprint density at radius 3 is 2.57 bits per heavy atom. The minimum atomic E-state index is -0.0644. The number of nitrogens with two attached hydrogens (primary N) is 1. The van der Waals surface area contributed by atoms with Crippen LogP contribution in [0.1, 0.15) is 32.6 Å². The average Bonchev–Trinajstić information content (AvgIpc) is 2.86. The molecule has 0 saturated carbocycles. The Hall–Kier alpha value is -1.59. The topological polar surface area (TPSA) is 74.2 Å². The van der Waals surface area contributed by atoms with Gasteiger partial charge in [0.15, 0.2) is 0 Å². The molecule has 0 bridgehead atoms. The molecule has 2 rings (SSSR count). The van der Waals surface area contributed by atoms with E-state index in [1.807, 2.05) is 13.0 Å². The van der Waals surface area contributed by atoms with Gasteiger partial charge < -0.3 is 15.0 Å². The number of rotatable bonds is 5. The Morgan fingerprint density at radius 2 is 2.00 bits per heavy atom. The van der Waals surface area contributed by atoms with Crippen LogP contribution < -0.4 is 10.5 Å². The van der Waals surface area contributed by atoms with Gasteiger partial charge in [-0.25, -0.2) is 0 Å². The minimum Gasteiger partial charge on any atom is -0.496 e. The van der Waals surface area contributed by atoms with Crippen molar-refractivity contribution >= 4 is 11.6 Å². The molecule has 1 aromatic carbocycles. The molecule has 0 saturated heterocycles. The van der Waals surface area contributed by atoms with Gasteiger partial charge in [-0.15, -0.1) is 0 Å². The minimum absolute atomic E-state index is 0.0181. The summed E-state index contributed by atoms with van der Waals surface area (Å²) in [6.45, 7) is 6.11. The number of aromatic nitrogens is 2. The number of hydrogen-bond acceptors (Lipinski definition) is 5. The van der Waals surface area contributed by atoms with E-state index in [9.17, 15) is 0 Å². The number of methoxy groups -OCH3 is 1. The first-order chi connectivity index (χ1) is 9.93. The van der Waals surface area contributed by atoms with Gasteiger partial charge in [-0.1, -0.05) is 30.6 Å². The molecule has 2 N–H and O–H groups in total. The van der Waals surface area contributed by atoms with Gasteiger partial charge in [-0.2, -0.15) is 4.98 Å². The van der Waals surface area contributed by atoms with Gasteiger partial charge in [0, 0.05) is 11.1 Å². The normalized spacial score (nSPS) is 14.2. The molecule has 114 valence electrons. The number of benzene rings is 1. The fourth-order valence-corrected chi connectivity index (χ4v) is 2.61. The summed E-state index contributed by atoms with van der Waals surface area (Å²) in [5, 5.41) is 4.64.